The van der Waals surface area contributed by atoms with Crippen LogP contribution in [0.4, 0.5) is 9.41 Å². The van der Waals surface area contributed by atoms with Crippen LogP contribution in [0.5, 0.6) is 5.75 Å². The normalized spacial score (nSPS) is 16.6. The molecule has 16 heteroatoms. The molecule has 11 nitrogen and oxygen atoms in total. The van der Waals surface area contributed by atoms with Gasteiger partial charge in [-0.25, -0.2) is 4.79 Å². The molecule has 55 heavy (non-hydrogen) atoms. The van der Waals surface area contributed by atoms with Crippen LogP contribution in [-0.2, 0) is 28.2 Å². The summed E-state index contributed by atoms with van der Waals surface area (Å²) in [5, 5.41) is 39.2. The van der Waals surface area contributed by atoms with Gasteiger partial charge in [0.1, 0.15) is 5.75 Å². The second-order valence-electron chi connectivity index (χ2n) is 13.6. The number of aliphatic hydroxyl groups excluding tert-OH is 1. The molecule has 1 fully saturated rings. The molecule has 5 N–H and O–H groups in total. The number of carboxylic acid groups (broad SMARTS) is 1. The van der Waals surface area contributed by atoms with Gasteiger partial charge in [0.2, 0.25) is 11.2 Å². The average molecular weight is 815 g/mol. The van der Waals surface area contributed by atoms with E-state index in [1.807, 2.05) is 57.8 Å². The van der Waals surface area contributed by atoms with E-state index < -0.39 is 17.7 Å². The Hall–Kier alpha value is -4.29. The molecule has 0 aliphatic heterocycles. The molecule has 0 amide bonds. The number of aromatic hydroxyl groups is 1. The Kier molecular flexibility index (Phi) is 13.8. The highest BCUT2D eigenvalue weighted by molar-refractivity contribution is 7.16. The van der Waals surface area contributed by atoms with E-state index in [0.29, 0.717) is 45.4 Å². The summed E-state index contributed by atoms with van der Waals surface area (Å²) in [5.74, 6) is -1.04. The maximum atomic E-state index is 13.0. The Bertz CT molecular complexity index is 2270. The predicted octanol–water partition coefficient (Wildman–Crippen LogP) is 6.54. The minimum Gasteiger partial charge on any atom is -0.506 e. The van der Waals surface area contributed by atoms with Crippen LogP contribution in [0.3, 0.4) is 0 Å². The number of thiazole rings is 1. The molecule has 0 bridgehead atoms. The highest BCUT2D eigenvalue weighted by atomic mass is 32.1. The molecule has 0 unspecified atom stereocenters. The van der Waals surface area contributed by atoms with Gasteiger partial charge in [0.05, 0.1) is 37.7 Å². The third-order valence-electron chi connectivity index (χ3n) is 10.2. The summed E-state index contributed by atoms with van der Waals surface area (Å²) in [6.45, 7) is 2.19. The minimum absolute atomic E-state index is 0. The fourth-order valence-electron chi connectivity index (χ4n) is 7.42. The second-order valence-corrected chi connectivity index (χ2v) is 16.5. The minimum atomic E-state index is -1.49. The Morgan fingerprint density at radius 1 is 1.02 bits per heavy atom. The summed E-state index contributed by atoms with van der Waals surface area (Å²) in [4.78, 5) is 43.9. The first-order valence-corrected chi connectivity index (χ1v) is 20.3. The molecule has 4 heterocycles. The van der Waals surface area contributed by atoms with Gasteiger partial charge in [-0.1, -0.05) is 35.6 Å². The van der Waals surface area contributed by atoms with E-state index in [4.69, 9.17) is 4.74 Å². The van der Waals surface area contributed by atoms with Crippen LogP contribution in [0.15, 0.2) is 87.1 Å². The zero-order valence-electron chi connectivity index (χ0n) is 30.0. The number of rotatable bonds is 15. The van der Waals surface area contributed by atoms with Crippen molar-refractivity contribution in [3.8, 4) is 5.75 Å². The van der Waals surface area contributed by atoms with Crippen molar-refractivity contribution in [2.75, 3.05) is 20.1 Å². The van der Waals surface area contributed by atoms with Crippen molar-refractivity contribution in [2.45, 2.75) is 69.0 Å². The van der Waals surface area contributed by atoms with E-state index >= 15 is 0 Å². The smallest absolute Gasteiger partial charge is 0.347 e. The molecule has 7 rings (SSSR count). The van der Waals surface area contributed by atoms with E-state index in [1.54, 1.807) is 12.1 Å². The number of phenolic OH excluding ortho intramolecular Hbond substituents is 1. The Labute approximate surface area is 327 Å². The molecule has 0 saturated heterocycles. The summed E-state index contributed by atoms with van der Waals surface area (Å²) in [6.07, 6.45) is 3.17. The molecule has 294 valence electrons. The number of benzene rings is 2. The fraction of sp³-hybridized carbons (Fsp3) is 0.359. The molecule has 1 aliphatic rings. The number of halogens is 2. The van der Waals surface area contributed by atoms with Gasteiger partial charge >= 0.3 is 10.8 Å². The topological polar surface area (TPSA) is 157 Å². The third kappa shape index (κ3) is 8.75. The number of nitrogens with zero attached hydrogens (tertiary/aromatic N) is 2. The molecule has 1 atom stereocenters. The number of aromatic nitrogens is 2. The number of aryl methyl sites for hydroxylation is 1. The quantitative estimate of drug-likeness (QED) is 0.0777. The van der Waals surface area contributed by atoms with Crippen molar-refractivity contribution in [3.05, 3.63) is 118 Å². The number of phenols is 1. The van der Waals surface area contributed by atoms with Gasteiger partial charge in [0.25, 0.3) is 0 Å². The molecular formula is C39H44F2N4O7S3. The lowest BCUT2D eigenvalue weighted by Crippen LogP contribution is -2.44. The molecule has 1 saturated carbocycles. The third-order valence-corrected chi connectivity index (χ3v) is 13.1. The van der Waals surface area contributed by atoms with Crippen molar-refractivity contribution >= 4 is 61.1 Å². The first kappa shape index (κ1) is 41.9. The van der Waals surface area contributed by atoms with Gasteiger partial charge in [-0.3, -0.25) is 23.6 Å². The van der Waals surface area contributed by atoms with Crippen LogP contribution in [0.1, 0.15) is 59.1 Å². The summed E-state index contributed by atoms with van der Waals surface area (Å²) in [5.41, 5.74) is 0.974. The van der Waals surface area contributed by atoms with Crippen LogP contribution in [0.2, 0.25) is 0 Å². The number of hydrogen-bond acceptors (Lipinski definition) is 11. The maximum Gasteiger partial charge on any atom is 0.347 e. The Balaban J connectivity index is 0.00000290. The number of pyridine rings is 1. The van der Waals surface area contributed by atoms with Crippen LogP contribution in [0, 0.1) is 0 Å². The molecule has 1 aliphatic carbocycles. The first-order valence-electron chi connectivity index (χ1n) is 17.7. The van der Waals surface area contributed by atoms with Gasteiger partial charge in [-0.2, -0.15) is 0 Å². The highest BCUT2D eigenvalue weighted by Crippen LogP contribution is 2.42. The van der Waals surface area contributed by atoms with Gasteiger partial charge < -0.3 is 35.3 Å². The van der Waals surface area contributed by atoms with Crippen molar-refractivity contribution < 1.29 is 34.3 Å². The molecular weight excluding hydrogens is 771 g/mol. The average Bonchev–Trinajstić information content (AvgIpc) is 3.94. The number of aromatic amines is 1. The number of nitrogens with one attached hydrogen (secondary N) is 2. The number of fused-ring (bicyclic) bond motifs is 2. The number of ether oxygens (including phenoxy) is 1. The van der Waals surface area contributed by atoms with E-state index in [-0.39, 0.29) is 38.2 Å². The summed E-state index contributed by atoms with van der Waals surface area (Å²) in [7, 11) is 2.13. The van der Waals surface area contributed by atoms with Crippen LogP contribution in [-0.4, -0.2) is 68.0 Å². The molecule has 6 aromatic rings. The number of aliphatic carboxylic acids is 1. The highest BCUT2D eigenvalue weighted by Gasteiger charge is 2.48. The summed E-state index contributed by atoms with van der Waals surface area (Å²) < 4.78 is 9.32. The van der Waals surface area contributed by atoms with E-state index in [2.05, 4.69) is 22.2 Å². The zero-order valence-corrected chi connectivity index (χ0v) is 32.5. The van der Waals surface area contributed by atoms with Crippen LogP contribution >= 0.6 is 34.0 Å². The Morgan fingerprint density at radius 3 is 2.38 bits per heavy atom. The lowest BCUT2D eigenvalue weighted by Gasteiger charge is -2.38. The van der Waals surface area contributed by atoms with Crippen molar-refractivity contribution in [1.29, 1.82) is 0 Å². The molecule has 0 radical (unpaired) electrons. The standard InChI is InChI=1S/C39H42N4O7S3.2FH/c1-42(25-8-10-26(11-9-25)50-39(37(47)48,33-5-2-19-51-33)34-6-3-20-52-34)17-4-18-43-29-14-7-24(21-32(29)53-38(43)49)22-40-23-31(45)27-12-15-30(44)36-28(27)13-16-35(46)41-36;;/h2-3,5-7,12-16,19-21,25-26,31,40,44-45H,4,8-11,17-18,22-23H2,1H3,(H,41,46)(H,47,48);2*1H/t25?,26?,31-;;/m0../s1. The van der Waals surface area contributed by atoms with E-state index in [9.17, 15) is 29.7 Å². The van der Waals surface area contributed by atoms with Crippen molar-refractivity contribution in [3.63, 3.8) is 0 Å². The van der Waals surface area contributed by atoms with Crippen molar-refractivity contribution in [1.82, 2.24) is 19.8 Å². The Morgan fingerprint density at radius 2 is 1.73 bits per heavy atom. The van der Waals surface area contributed by atoms with Gasteiger partial charge in [-0.15, -0.1) is 22.7 Å². The summed E-state index contributed by atoms with van der Waals surface area (Å²) in [6, 6.07) is 19.9. The number of carbonyl (C=O) groups is 1. The lowest BCUT2D eigenvalue weighted by atomic mass is 9.90. The monoisotopic (exact) mass is 814 g/mol. The predicted molar refractivity (Wildman–Crippen MR) is 215 cm³/mol. The van der Waals surface area contributed by atoms with E-state index in [1.165, 1.54) is 46.1 Å². The number of aliphatic hydroxyl groups is 1. The zero-order chi connectivity index (χ0) is 37.1. The lowest BCUT2D eigenvalue weighted by molar-refractivity contribution is -0.170. The van der Waals surface area contributed by atoms with Crippen LogP contribution in [0.25, 0.3) is 21.1 Å². The second kappa shape index (κ2) is 18.1. The van der Waals surface area contributed by atoms with Gasteiger partial charge in [-0.05, 0) is 104 Å². The molecule has 2 aromatic carbocycles. The van der Waals surface area contributed by atoms with Gasteiger partial charge in [0, 0.05) is 37.1 Å². The number of thiophene rings is 2. The molecule has 0 spiro atoms. The molecule has 4 aromatic heterocycles. The van der Waals surface area contributed by atoms with Crippen LogP contribution < -0.4 is 15.7 Å². The maximum absolute atomic E-state index is 13.0. The first-order chi connectivity index (χ1) is 25.6. The number of hydrogen-bond donors (Lipinski definition) is 5. The van der Waals surface area contributed by atoms with Gasteiger partial charge in [0.15, 0.2) is 0 Å². The summed E-state index contributed by atoms with van der Waals surface area (Å²) >= 11 is 4.05. The fourth-order valence-corrected chi connectivity index (χ4v) is 10.2. The van der Waals surface area contributed by atoms with Crippen molar-refractivity contribution in [2.24, 2.45) is 0 Å². The largest absolute Gasteiger partial charge is 0.506 e. The SMILES string of the molecule is CN(CCCn1c(=O)sc2cc(CNC[C@H](O)c3ccc(O)c4[nH]c(=O)ccc34)ccc21)C1CCC(OC(C(=O)O)(c2cccs2)c2cccs2)CC1.F.F. The number of carboxylic acids is 1. The van der Waals surface area contributed by atoms with E-state index in [0.717, 1.165) is 54.4 Å². The number of H-pyrrole nitrogens is 1.